The fraction of sp³-hybridized carbons (Fsp3) is 0.350. The topological polar surface area (TPSA) is 59.6 Å². The molecule has 2 aromatic rings. The van der Waals surface area contributed by atoms with Crippen molar-refractivity contribution in [3.63, 3.8) is 0 Å². The number of ether oxygens (including phenoxy) is 2. The quantitative estimate of drug-likeness (QED) is 0.798. The van der Waals surface area contributed by atoms with E-state index in [0.717, 1.165) is 17.7 Å². The maximum absolute atomic E-state index is 13.1. The Morgan fingerprint density at radius 3 is 2.81 bits per heavy atom. The van der Waals surface area contributed by atoms with Gasteiger partial charge in [-0.15, -0.1) is 0 Å². The van der Waals surface area contributed by atoms with E-state index in [1.807, 2.05) is 30.3 Å². The van der Waals surface area contributed by atoms with Crippen LogP contribution in [-0.4, -0.2) is 31.7 Å². The second-order valence-corrected chi connectivity index (χ2v) is 6.27. The molecule has 1 aliphatic heterocycles. The second-order valence-electron chi connectivity index (χ2n) is 6.27. The molecular weight excluding hydrogens is 335 g/mol. The number of carbonyl (C=O) groups excluding carboxylic acids is 1. The number of morpholine rings is 1. The van der Waals surface area contributed by atoms with Crippen LogP contribution in [-0.2, 0) is 22.7 Å². The molecule has 0 saturated carbocycles. The third-order valence-corrected chi connectivity index (χ3v) is 4.14. The lowest BCUT2D eigenvalue weighted by Gasteiger charge is -2.23. The van der Waals surface area contributed by atoms with Gasteiger partial charge in [0.1, 0.15) is 18.2 Å². The van der Waals surface area contributed by atoms with Crippen molar-refractivity contribution in [2.75, 3.05) is 19.8 Å². The zero-order valence-electron chi connectivity index (χ0n) is 14.5. The lowest BCUT2D eigenvalue weighted by atomic mass is 10.1. The van der Waals surface area contributed by atoms with Crippen LogP contribution in [0.4, 0.5) is 4.39 Å². The summed E-state index contributed by atoms with van der Waals surface area (Å²) in [7, 11) is 0. The first-order valence-corrected chi connectivity index (χ1v) is 8.73. The van der Waals surface area contributed by atoms with Gasteiger partial charge in [0.15, 0.2) is 0 Å². The molecule has 26 heavy (non-hydrogen) atoms. The minimum absolute atomic E-state index is 0.000527. The lowest BCUT2D eigenvalue weighted by Crippen LogP contribution is -2.44. The largest absolute Gasteiger partial charge is 0.489 e. The van der Waals surface area contributed by atoms with E-state index in [2.05, 4.69) is 10.6 Å². The van der Waals surface area contributed by atoms with Gasteiger partial charge in [0.25, 0.3) is 0 Å². The smallest absolute Gasteiger partial charge is 0.221 e. The van der Waals surface area contributed by atoms with Gasteiger partial charge in [0, 0.05) is 25.6 Å². The standard InChI is InChI=1S/C20H23FN2O3/c21-17-3-1-2-16(10-17)13-26-19-6-4-15(5-7-19)12-23-20(24)11-18-14-25-9-8-22-18/h1-7,10,18,22H,8-9,11-14H2,(H,23,24). The number of rotatable bonds is 7. The fourth-order valence-corrected chi connectivity index (χ4v) is 2.74. The number of halogens is 1. The summed E-state index contributed by atoms with van der Waals surface area (Å²) in [6, 6.07) is 13.9. The molecule has 0 spiro atoms. The molecule has 0 radical (unpaired) electrons. The van der Waals surface area contributed by atoms with E-state index < -0.39 is 0 Å². The number of benzene rings is 2. The molecule has 6 heteroatoms. The van der Waals surface area contributed by atoms with Crippen LogP contribution in [0.3, 0.4) is 0 Å². The van der Waals surface area contributed by atoms with Crippen molar-refractivity contribution in [1.29, 1.82) is 0 Å². The summed E-state index contributed by atoms with van der Waals surface area (Å²) < 4.78 is 24.1. The highest BCUT2D eigenvalue weighted by molar-refractivity contribution is 5.76. The van der Waals surface area contributed by atoms with E-state index in [1.54, 1.807) is 6.07 Å². The van der Waals surface area contributed by atoms with Crippen LogP contribution in [0, 0.1) is 5.82 Å². The van der Waals surface area contributed by atoms with Crippen LogP contribution >= 0.6 is 0 Å². The predicted molar refractivity (Wildman–Crippen MR) is 96.2 cm³/mol. The highest BCUT2D eigenvalue weighted by Crippen LogP contribution is 2.15. The van der Waals surface area contributed by atoms with Gasteiger partial charge in [-0.1, -0.05) is 24.3 Å². The summed E-state index contributed by atoms with van der Waals surface area (Å²) in [6.45, 7) is 2.84. The Morgan fingerprint density at radius 1 is 1.23 bits per heavy atom. The molecule has 1 unspecified atom stereocenters. The number of hydrogen-bond donors (Lipinski definition) is 2. The third kappa shape index (κ3) is 5.82. The van der Waals surface area contributed by atoms with Crippen LogP contribution < -0.4 is 15.4 Å². The van der Waals surface area contributed by atoms with Gasteiger partial charge < -0.3 is 20.1 Å². The minimum Gasteiger partial charge on any atom is -0.489 e. The molecule has 5 nitrogen and oxygen atoms in total. The van der Waals surface area contributed by atoms with Crippen molar-refractivity contribution >= 4 is 5.91 Å². The zero-order valence-corrected chi connectivity index (χ0v) is 14.5. The van der Waals surface area contributed by atoms with Gasteiger partial charge in [-0.25, -0.2) is 4.39 Å². The molecule has 1 saturated heterocycles. The Hall–Kier alpha value is -2.44. The molecule has 1 fully saturated rings. The van der Waals surface area contributed by atoms with E-state index >= 15 is 0 Å². The average molecular weight is 358 g/mol. The number of amides is 1. The summed E-state index contributed by atoms with van der Waals surface area (Å²) in [5, 5.41) is 6.17. The van der Waals surface area contributed by atoms with Crippen LogP contribution in [0.5, 0.6) is 5.75 Å². The van der Waals surface area contributed by atoms with Crippen LogP contribution in [0.25, 0.3) is 0 Å². The van der Waals surface area contributed by atoms with Crippen molar-refractivity contribution in [3.05, 3.63) is 65.5 Å². The SMILES string of the molecule is O=C(CC1COCCN1)NCc1ccc(OCc2cccc(F)c2)cc1. The first-order valence-electron chi connectivity index (χ1n) is 8.73. The summed E-state index contributed by atoms with van der Waals surface area (Å²) in [5.41, 5.74) is 1.77. The Bertz CT molecular complexity index is 715. The first kappa shape index (κ1) is 18.4. The highest BCUT2D eigenvalue weighted by Gasteiger charge is 2.16. The van der Waals surface area contributed by atoms with Crippen molar-refractivity contribution in [1.82, 2.24) is 10.6 Å². The van der Waals surface area contributed by atoms with E-state index in [1.165, 1.54) is 12.1 Å². The molecule has 1 amide bonds. The molecule has 0 bridgehead atoms. The first-order chi connectivity index (χ1) is 12.7. The molecule has 138 valence electrons. The van der Waals surface area contributed by atoms with E-state index in [9.17, 15) is 9.18 Å². The Kier molecular flexibility index (Phi) is 6.57. The van der Waals surface area contributed by atoms with Gasteiger partial charge in [0.05, 0.1) is 13.2 Å². The highest BCUT2D eigenvalue weighted by atomic mass is 19.1. The van der Waals surface area contributed by atoms with Crippen LogP contribution in [0.2, 0.25) is 0 Å². The molecular formula is C20H23FN2O3. The van der Waals surface area contributed by atoms with Crippen molar-refractivity contribution in [2.24, 2.45) is 0 Å². The summed E-state index contributed by atoms with van der Waals surface area (Å²) in [5.74, 6) is 0.430. The minimum atomic E-state index is -0.271. The Balaban J connectivity index is 1.41. The molecule has 0 aliphatic carbocycles. The fourth-order valence-electron chi connectivity index (χ4n) is 2.74. The normalized spacial score (nSPS) is 16.9. The van der Waals surface area contributed by atoms with Gasteiger partial charge >= 0.3 is 0 Å². The monoisotopic (exact) mass is 358 g/mol. The summed E-state index contributed by atoms with van der Waals surface area (Å²) in [4.78, 5) is 12.0. The zero-order chi connectivity index (χ0) is 18.2. The van der Waals surface area contributed by atoms with Crippen LogP contribution in [0.15, 0.2) is 48.5 Å². The van der Waals surface area contributed by atoms with E-state index in [0.29, 0.717) is 38.5 Å². The maximum Gasteiger partial charge on any atom is 0.221 e. The Labute approximate surface area is 152 Å². The maximum atomic E-state index is 13.1. The molecule has 2 N–H and O–H groups in total. The average Bonchev–Trinajstić information content (AvgIpc) is 2.66. The number of nitrogens with one attached hydrogen (secondary N) is 2. The van der Waals surface area contributed by atoms with E-state index in [-0.39, 0.29) is 17.8 Å². The van der Waals surface area contributed by atoms with Crippen molar-refractivity contribution < 1.29 is 18.7 Å². The van der Waals surface area contributed by atoms with E-state index in [4.69, 9.17) is 9.47 Å². The second kappa shape index (κ2) is 9.31. The third-order valence-electron chi connectivity index (χ3n) is 4.14. The Morgan fingerprint density at radius 2 is 2.08 bits per heavy atom. The molecule has 0 aromatic heterocycles. The molecule has 2 aromatic carbocycles. The number of carbonyl (C=O) groups is 1. The molecule has 3 rings (SSSR count). The van der Waals surface area contributed by atoms with Gasteiger partial charge in [-0.3, -0.25) is 4.79 Å². The summed E-state index contributed by atoms with van der Waals surface area (Å²) >= 11 is 0. The van der Waals surface area contributed by atoms with Crippen molar-refractivity contribution in [3.8, 4) is 5.75 Å². The molecule has 1 heterocycles. The van der Waals surface area contributed by atoms with Crippen LogP contribution in [0.1, 0.15) is 17.5 Å². The summed E-state index contributed by atoms with van der Waals surface area (Å²) in [6.07, 6.45) is 0.412. The van der Waals surface area contributed by atoms with Crippen molar-refractivity contribution in [2.45, 2.75) is 25.6 Å². The van der Waals surface area contributed by atoms with Gasteiger partial charge in [0.2, 0.25) is 5.91 Å². The number of hydrogen-bond acceptors (Lipinski definition) is 4. The lowest BCUT2D eigenvalue weighted by molar-refractivity contribution is -0.122. The molecule has 1 atom stereocenters. The predicted octanol–water partition coefficient (Wildman–Crippen LogP) is 2.40. The van der Waals surface area contributed by atoms with Gasteiger partial charge in [-0.2, -0.15) is 0 Å². The van der Waals surface area contributed by atoms with Gasteiger partial charge in [-0.05, 0) is 35.4 Å². The molecule has 1 aliphatic rings.